The van der Waals surface area contributed by atoms with Crippen LogP contribution in [0.15, 0.2) is 34.0 Å². The van der Waals surface area contributed by atoms with E-state index in [0.717, 1.165) is 12.8 Å². The number of carbonyl (C=O) groups excluding carboxylic acids is 3. The number of ketones is 1. The molecule has 0 aromatic heterocycles. The summed E-state index contributed by atoms with van der Waals surface area (Å²) in [6.07, 6.45) is 5.60. The van der Waals surface area contributed by atoms with Crippen molar-refractivity contribution in [3.63, 3.8) is 0 Å². The molecule has 248 valence electrons. The number of methoxy groups -OCH3 is 1. The van der Waals surface area contributed by atoms with Crippen molar-refractivity contribution >= 4 is 29.4 Å². The zero-order valence-electron chi connectivity index (χ0n) is 26.8. The lowest BCUT2D eigenvalue weighted by atomic mass is 9.85. The Bertz CT molecular complexity index is 1310. The molecule has 2 aliphatic carbocycles. The van der Waals surface area contributed by atoms with E-state index < -0.39 is 77.9 Å². The van der Waals surface area contributed by atoms with Gasteiger partial charge in [0, 0.05) is 12.5 Å². The zero-order valence-corrected chi connectivity index (χ0v) is 26.8. The fraction of sp³-hybridized carbons (Fsp3) is 0.719. The first-order chi connectivity index (χ1) is 21.2. The topological polar surface area (TPSA) is 128 Å². The molecule has 8 atom stereocenters. The van der Waals surface area contributed by atoms with Gasteiger partial charge in [-0.1, -0.05) is 33.8 Å². The van der Waals surface area contributed by atoms with Crippen LogP contribution in [0.1, 0.15) is 60.3 Å². The van der Waals surface area contributed by atoms with Crippen molar-refractivity contribution in [2.24, 2.45) is 27.2 Å². The van der Waals surface area contributed by atoms with E-state index in [-0.39, 0.29) is 30.8 Å². The first-order valence-electron chi connectivity index (χ1n) is 15.7. The number of allylic oxidation sites excluding steroid dienone is 1. The number of alkyl halides is 2. The molecule has 0 aromatic rings. The van der Waals surface area contributed by atoms with Crippen LogP contribution in [0.3, 0.4) is 0 Å². The summed E-state index contributed by atoms with van der Waals surface area (Å²) in [6.45, 7) is 7.55. The maximum Gasteiger partial charge on any atom is 0.408 e. The number of hydrogen-bond acceptors (Lipinski definition) is 9. The molecule has 3 heterocycles. The number of carbonyl (C=O) groups is 3. The quantitative estimate of drug-likeness (QED) is 0.489. The second-order valence-electron chi connectivity index (χ2n) is 13.7. The lowest BCUT2D eigenvalue weighted by Crippen LogP contribution is -2.57. The van der Waals surface area contributed by atoms with Gasteiger partial charge >= 0.3 is 12.0 Å². The maximum atomic E-state index is 15.9. The molecular formula is C32H44F2N4O7. The van der Waals surface area contributed by atoms with Crippen LogP contribution in [-0.4, -0.2) is 103 Å². The number of nitrogens with one attached hydrogen (secondary N) is 1. The minimum absolute atomic E-state index is 0.0340. The summed E-state index contributed by atoms with van der Waals surface area (Å²) in [4.78, 5) is 50.6. The van der Waals surface area contributed by atoms with Crippen LogP contribution in [0.5, 0.6) is 0 Å². The summed E-state index contributed by atoms with van der Waals surface area (Å²) in [6, 6.07) is -3.27. The first kappa shape index (κ1) is 33.0. The van der Waals surface area contributed by atoms with Crippen LogP contribution in [0.25, 0.3) is 0 Å². The molecule has 1 N–H and O–H groups in total. The lowest BCUT2D eigenvalue weighted by Gasteiger charge is -2.35. The smallest absolute Gasteiger partial charge is 0.408 e. The zero-order chi connectivity index (χ0) is 32.7. The Hall–Kier alpha value is -3.35. The van der Waals surface area contributed by atoms with Crippen molar-refractivity contribution in [1.29, 1.82) is 0 Å². The molecule has 0 spiro atoms. The summed E-state index contributed by atoms with van der Waals surface area (Å²) < 4.78 is 54.6. The van der Waals surface area contributed by atoms with E-state index in [1.165, 1.54) is 18.9 Å². The largest absolute Gasteiger partial charge is 0.497 e. The minimum Gasteiger partial charge on any atom is -0.497 e. The van der Waals surface area contributed by atoms with Gasteiger partial charge in [-0.25, -0.2) is 9.79 Å². The van der Waals surface area contributed by atoms with Crippen molar-refractivity contribution in [3.8, 4) is 0 Å². The number of rotatable bonds is 2. The Morgan fingerprint density at radius 1 is 1.11 bits per heavy atom. The van der Waals surface area contributed by atoms with Gasteiger partial charge in [0.05, 0.1) is 25.7 Å². The van der Waals surface area contributed by atoms with Gasteiger partial charge in [-0.3, -0.25) is 14.6 Å². The maximum absolute atomic E-state index is 15.9. The fourth-order valence-electron chi connectivity index (χ4n) is 6.90. The number of nitrogens with zero attached hydrogens (tertiary/aromatic N) is 3. The Balaban J connectivity index is 1.53. The van der Waals surface area contributed by atoms with Crippen LogP contribution in [0, 0.1) is 17.3 Å². The highest BCUT2D eigenvalue weighted by Gasteiger charge is 2.51. The summed E-state index contributed by atoms with van der Waals surface area (Å²) in [5, 5.41) is 2.77. The summed E-state index contributed by atoms with van der Waals surface area (Å²) in [7, 11) is 1.50. The Morgan fingerprint density at radius 3 is 2.56 bits per heavy atom. The highest BCUT2D eigenvalue weighted by Crippen LogP contribution is 2.35. The fourth-order valence-corrected chi connectivity index (χ4v) is 6.90. The van der Waals surface area contributed by atoms with Gasteiger partial charge < -0.3 is 29.2 Å². The van der Waals surface area contributed by atoms with Crippen molar-refractivity contribution in [2.75, 3.05) is 26.9 Å². The third kappa shape index (κ3) is 6.92. The molecule has 5 rings (SSSR count). The van der Waals surface area contributed by atoms with Gasteiger partial charge in [-0.15, -0.1) is 0 Å². The third-order valence-electron chi connectivity index (χ3n) is 9.37. The predicted molar refractivity (Wildman–Crippen MR) is 161 cm³/mol. The standard InChI is InChI=1S/C32H44F2N4O7/c1-17-24-15-38(25(17)18(2)39)29(40)27(31(3,4)5)37-30(41)45-23-9-7-8-19(23)12-13-43-16-32(33,34)26-28(44-24)36-22-14-20(42-6)10-11-21(22)35-26/h10-11,14,17,19,21-25,27H,7-9,12-13,15-16H2,1-6H3,(H,37,41)/t17-,19+,21-,22?,23-,24+,25+,27-/m1/s1. The molecule has 1 saturated carbocycles. The van der Waals surface area contributed by atoms with Crippen LogP contribution in [0.4, 0.5) is 13.6 Å². The SMILES string of the molecule is COC1=CC2N=C3O[C@H]4CN(C(=O)[C@H](C(C)(C)C)NC(=O)O[C@@H]5CCC[C@H]5CCOCC(F)(F)C3=N[C@@H]2C=C1)[C@H](C(C)=O)[C@@H]4C. The van der Waals surface area contributed by atoms with Gasteiger partial charge in [-0.2, -0.15) is 8.78 Å². The highest BCUT2D eigenvalue weighted by molar-refractivity contribution is 6.42. The third-order valence-corrected chi connectivity index (χ3v) is 9.37. The molecule has 5 aliphatic rings. The van der Waals surface area contributed by atoms with Crippen LogP contribution in [0.2, 0.25) is 0 Å². The molecule has 3 aliphatic heterocycles. The first-order valence-corrected chi connectivity index (χ1v) is 15.7. The Morgan fingerprint density at radius 2 is 1.87 bits per heavy atom. The number of hydrogen-bond donors (Lipinski definition) is 1. The Kier molecular flexibility index (Phi) is 9.40. The molecule has 11 nitrogen and oxygen atoms in total. The summed E-state index contributed by atoms with van der Waals surface area (Å²) in [5.74, 6) is -4.81. The average Bonchev–Trinajstić information content (AvgIpc) is 3.55. The van der Waals surface area contributed by atoms with Gasteiger partial charge in [-0.05, 0) is 56.1 Å². The summed E-state index contributed by atoms with van der Waals surface area (Å²) >= 11 is 0. The molecular weight excluding hydrogens is 590 g/mol. The van der Waals surface area contributed by atoms with Crippen molar-refractivity contribution in [3.05, 3.63) is 24.0 Å². The number of alkyl carbamates (subject to hydrolysis) is 1. The van der Waals surface area contributed by atoms with Crippen LogP contribution < -0.4 is 5.32 Å². The molecule has 2 amide bonds. The van der Waals surface area contributed by atoms with E-state index in [0.29, 0.717) is 18.6 Å². The normalized spacial score (nSPS) is 35.6. The number of fused-ring (bicyclic) bond motifs is 5. The number of aliphatic imine (C=N–C) groups is 2. The van der Waals surface area contributed by atoms with Crippen LogP contribution >= 0.6 is 0 Å². The van der Waals surface area contributed by atoms with Crippen LogP contribution in [-0.2, 0) is 28.5 Å². The molecule has 13 heteroatoms. The monoisotopic (exact) mass is 634 g/mol. The van der Waals surface area contributed by atoms with E-state index in [9.17, 15) is 14.4 Å². The molecule has 45 heavy (non-hydrogen) atoms. The van der Waals surface area contributed by atoms with E-state index in [4.69, 9.17) is 18.9 Å². The van der Waals surface area contributed by atoms with E-state index >= 15 is 8.78 Å². The molecule has 2 saturated heterocycles. The van der Waals surface area contributed by atoms with Crippen molar-refractivity contribution in [1.82, 2.24) is 10.2 Å². The molecule has 0 radical (unpaired) electrons. The highest BCUT2D eigenvalue weighted by atomic mass is 19.3. The molecule has 3 fully saturated rings. The molecule has 0 aromatic carbocycles. The summed E-state index contributed by atoms with van der Waals surface area (Å²) in [5.41, 5.74) is -1.38. The van der Waals surface area contributed by atoms with Gasteiger partial charge in [0.25, 0.3) is 0 Å². The van der Waals surface area contributed by atoms with E-state index in [2.05, 4.69) is 15.3 Å². The molecule has 1 unspecified atom stereocenters. The number of halogens is 2. The predicted octanol–water partition coefficient (Wildman–Crippen LogP) is 3.86. The minimum atomic E-state index is -3.55. The number of Topliss-reactive ketones (excluding diaryl/α,β-unsaturated/α-hetero) is 1. The lowest BCUT2D eigenvalue weighted by molar-refractivity contribution is -0.141. The van der Waals surface area contributed by atoms with Crippen molar-refractivity contribution in [2.45, 2.75) is 103 Å². The second kappa shape index (κ2) is 12.8. The van der Waals surface area contributed by atoms with Gasteiger partial charge in [0.2, 0.25) is 11.8 Å². The number of amides is 2. The van der Waals surface area contributed by atoms with Gasteiger partial charge in [0.1, 0.15) is 36.7 Å². The average molecular weight is 635 g/mol. The van der Waals surface area contributed by atoms with Gasteiger partial charge in [0.15, 0.2) is 11.5 Å². The van der Waals surface area contributed by atoms with Crippen molar-refractivity contribution < 1.29 is 42.1 Å². The van der Waals surface area contributed by atoms with E-state index in [1.807, 2.05) is 20.8 Å². The second-order valence-corrected chi connectivity index (χ2v) is 13.7. The number of ether oxygens (including phenoxy) is 4. The Labute approximate surface area is 262 Å². The molecule has 2 bridgehead atoms. The van der Waals surface area contributed by atoms with E-state index in [1.54, 1.807) is 25.2 Å².